The summed E-state index contributed by atoms with van der Waals surface area (Å²) >= 11 is 0. The van der Waals surface area contributed by atoms with Crippen molar-refractivity contribution in [2.75, 3.05) is 4.90 Å². The van der Waals surface area contributed by atoms with Crippen LogP contribution in [0.2, 0.25) is 0 Å². The summed E-state index contributed by atoms with van der Waals surface area (Å²) in [4.78, 5) is 6.70. The summed E-state index contributed by atoms with van der Waals surface area (Å²) in [5.74, 6) is 0. The van der Waals surface area contributed by atoms with Gasteiger partial charge in [-0.25, -0.2) is 0 Å². The molecule has 0 N–H and O–H groups in total. The van der Waals surface area contributed by atoms with E-state index >= 15 is 4.57 Å². The molecule has 3 nitrogen and oxygen atoms in total. The highest BCUT2D eigenvalue weighted by Gasteiger charge is 2.38. The Hall–Kier alpha value is -5.50. The molecule has 1 atom stereocenters. The van der Waals surface area contributed by atoms with Crippen LogP contribution in [0.5, 0.6) is 0 Å². The van der Waals surface area contributed by atoms with Crippen molar-refractivity contribution in [3.8, 4) is 22.3 Å². The van der Waals surface area contributed by atoms with Crippen LogP contribution in [0.3, 0.4) is 0 Å². The third kappa shape index (κ3) is 4.99. The van der Waals surface area contributed by atoms with Crippen molar-refractivity contribution in [2.24, 2.45) is 0 Å². The molecule has 1 aliphatic heterocycles. The van der Waals surface area contributed by atoms with Gasteiger partial charge in [0.2, 0.25) is 0 Å². The van der Waals surface area contributed by atoms with E-state index in [0.29, 0.717) is 0 Å². The van der Waals surface area contributed by atoms with E-state index in [1.54, 1.807) is 12.4 Å². The summed E-state index contributed by atoms with van der Waals surface area (Å²) in [6.45, 7) is 4.66. The number of fused-ring (bicyclic) bond motifs is 2. The van der Waals surface area contributed by atoms with Crippen LogP contribution in [0.1, 0.15) is 25.0 Å². The van der Waals surface area contributed by atoms with Crippen molar-refractivity contribution in [3.05, 3.63) is 187 Å². The Labute approximate surface area is 282 Å². The van der Waals surface area contributed by atoms with E-state index in [1.165, 1.54) is 33.4 Å². The summed E-state index contributed by atoms with van der Waals surface area (Å²) in [6, 6.07) is 56.7. The number of pyridine rings is 1. The maximum absolute atomic E-state index is 15.1. The van der Waals surface area contributed by atoms with Gasteiger partial charge in [0.15, 0.2) is 7.14 Å². The fourth-order valence-corrected chi connectivity index (χ4v) is 9.65. The molecule has 2 heterocycles. The number of nitrogens with zero attached hydrogens (tertiary/aromatic N) is 2. The van der Waals surface area contributed by atoms with Crippen molar-refractivity contribution in [1.29, 1.82) is 0 Å². The molecule has 1 aliphatic rings. The average molecular weight is 639 g/mol. The third-order valence-electron chi connectivity index (χ3n) is 9.64. The summed E-state index contributed by atoms with van der Waals surface area (Å²) in [5, 5.41) is 2.30. The molecule has 8 rings (SSSR count). The zero-order chi connectivity index (χ0) is 32.7. The molecule has 1 unspecified atom stereocenters. The molecule has 0 radical (unpaired) electrons. The highest BCUT2D eigenvalue weighted by Crippen LogP contribution is 2.53. The van der Waals surface area contributed by atoms with Gasteiger partial charge in [-0.1, -0.05) is 117 Å². The van der Waals surface area contributed by atoms with Gasteiger partial charge in [0, 0.05) is 39.4 Å². The van der Waals surface area contributed by atoms with Gasteiger partial charge in [0.25, 0.3) is 0 Å². The molecule has 48 heavy (non-hydrogen) atoms. The van der Waals surface area contributed by atoms with Crippen LogP contribution in [0.25, 0.3) is 22.3 Å². The number of hydrogen-bond donors (Lipinski definition) is 0. The van der Waals surface area contributed by atoms with Crippen molar-refractivity contribution in [1.82, 2.24) is 4.98 Å². The standard InChI is InChI=1S/C44H35N2OP/c1-44(2)40-29-34(32-13-6-3-7-14-32)20-26-42(40)46(43-27-21-35(30-41(43)44)33-15-8-4-9-16-33)36-22-24-38(25-23-36)48(47,37-17-10-5-11-18-37)39-19-12-28-45-31-39/h3-31H,1-2H3. The minimum atomic E-state index is -3.15. The van der Waals surface area contributed by atoms with Crippen LogP contribution in [-0.2, 0) is 9.98 Å². The minimum Gasteiger partial charge on any atom is -0.310 e. The fourth-order valence-electron chi connectivity index (χ4n) is 7.07. The Morgan fingerprint density at radius 3 is 1.48 bits per heavy atom. The molecule has 0 fully saturated rings. The van der Waals surface area contributed by atoms with Gasteiger partial charge in [0.1, 0.15) is 0 Å². The monoisotopic (exact) mass is 638 g/mol. The van der Waals surface area contributed by atoms with Crippen molar-refractivity contribution < 1.29 is 4.57 Å². The largest absolute Gasteiger partial charge is 0.310 e. The van der Waals surface area contributed by atoms with Crippen molar-refractivity contribution in [2.45, 2.75) is 19.3 Å². The third-order valence-corrected chi connectivity index (χ3v) is 12.7. The molecule has 4 heteroatoms. The quantitative estimate of drug-likeness (QED) is 0.170. The van der Waals surface area contributed by atoms with Gasteiger partial charge in [0.05, 0.1) is 11.4 Å². The first kappa shape index (κ1) is 29.9. The fraction of sp³-hybridized carbons (Fsp3) is 0.0682. The molecule has 0 amide bonds. The lowest BCUT2D eigenvalue weighted by atomic mass is 9.72. The molecule has 7 aromatic rings. The first-order valence-corrected chi connectivity index (χ1v) is 18.0. The van der Waals surface area contributed by atoms with Gasteiger partial charge < -0.3 is 9.46 Å². The van der Waals surface area contributed by atoms with E-state index in [1.807, 2.05) is 54.6 Å². The van der Waals surface area contributed by atoms with Gasteiger partial charge in [-0.05, 0) is 94.0 Å². The van der Waals surface area contributed by atoms with Crippen LogP contribution in [0, 0.1) is 0 Å². The lowest BCUT2D eigenvalue weighted by Crippen LogP contribution is -2.31. The summed E-state index contributed by atoms with van der Waals surface area (Å²) in [5.41, 5.74) is 10.3. The number of aromatic nitrogens is 1. The van der Waals surface area contributed by atoms with Crippen LogP contribution in [0.15, 0.2) is 176 Å². The summed E-state index contributed by atoms with van der Waals surface area (Å²) < 4.78 is 15.1. The smallest absolute Gasteiger partial charge is 0.172 e. The summed E-state index contributed by atoms with van der Waals surface area (Å²) in [6.07, 6.45) is 3.45. The summed E-state index contributed by atoms with van der Waals surface area (Å²) in [7, 11) is -3.15. The maximum Gasteiger partial charge on any atom is 0.172 e. The van der Waals surface area contributed by atoms with Gasteiger partial charge in [-0.2, -0.15) is 0 Å². The first-order chi connectivity index (χ1) is 23.4. The maximum atomic E-state index is 15.1. The SMILES string of the molecule is CC1(C)c2cc(-c3ccccc3)ccc2N(c2ccc(P(=O)(c3ccccc3)c3cccnc3)cc2)c2ccc(-c3ccccc3)cc21. The second kappa shape index (κ2) is 11.9. The molecule has 0 aliphatic carbocycles. The average Bonchev–Trinajstić information content (AvgIpc) is 3.16. The van der Waals surface area contributed by atoms with E-state index in [9.17, 15) is 0 Å². The van der Waals surface area contributed by atoms with Crippen molar-refractivity contribution >= 4 is 40.1 Å². The van der Waals surface area contributed by atoms with Gasteiger partial charge >= 0.3 is 0 Å². The number of rotatable bonds is 6. The van der Waals surface area contributed by atoms with Gasteiger partial charge in [-0.3, -0.25) is 4.98 Å². The van der Waals surface area contributed by atoms with E-state index in [0.717, 1.165) is 33.0 Å². The number of hydrogen-bond acceptors (Lipinski definition) is 3. The van der Waals surface area contributed by atoms with E-state index in [2.05, 4.69) is 133 Å². The molecule has 6 aromatic carbocycles. The molecular weight excluding hydrogens is 603 g/mol. The Balaban J connectivity index is 1.30. The Morgan fingerprint density at radius 2 is 0.979 bits per heavy atom. The number of anilines is 3. The van der Waals surface area contributed by atoms with E-state index in [4.69, 9.17) is 0 Å². The zero-order valence-electron chi connectivity index (χ0n) is 27.0. The van der Waals surface area contributed by atoms with E-state index in [-0.39, 0.29) is 5.41 Å². The van der Waals surface area contributed by atoms with Crippen LogP contribution < -0.4 is 20.8 Å². The van der Waals surface area contributed by atoms with Crippen LogP contribution in [-0.4, -0.2) is 4.98 Å². The topological polar surface area (TPSA) is 33.2 Å². The zero-order valence-corrected chi connectivity index (χ0v) is 27.9. The normalized spacial score (nSPS) is 14.4. The highest BCUT2D eigenvalue weighted by atomic mass is 31.2. The van der Waals surface area contributed by atoms with Crippen LogP contribution in [0.4, 0.5) is 17.1 Å². The molecular formula is C44H35N2OP. The first-order valence-electron chi connectivity index (χ1n) is 16.3. The predicted molar refractivity (Wildman–Crippen MR) is 201 cm³/mol. The Kier molecular flexibility index (Phi) is 7.43. The number of benzene rings is 6. The second-order valence-electron chi connectivity index (χ2n) is 12.8. The lowest BCUT2D eigenvalue weighted by molar-refractivity contribution is 0.592. The van der Waals surface area contributed by atoms with Crippen molar-refractivity contribution in [3.63, 3.8) is 0 Å². The second-order valence-corrected chi connectivity index (χ2v) is 15.6. The van der Waals surface area contributed by atoms with Crippen LogP contribution >= 0.6 is 7.14 Å². The molecule has 0 saturated heterocycles. The Morgan fingerprint density at radius 1 is 0.500 bits per heavy atom. The molecule has 0 bridgehead atoms. The Bertz CT molecular complexity index is 2130. The molecule has 1 aromatic heterocycles. The molecule has 232 valence electrons. The molecule has 0 spiro atoms. The highest BCUT2D eigenvalue weighted by molar-refractivity contribution is 7.85. The van der Waals surface area contributed by atoms with Gasteiger partial charge in [-0.15, -0.1) is 0 Å². The molecule has 0 saturated carbocycles. The predicted octanol–water partition coefficient (Wildman–Crippen LogP) is 10.2. The van der Waals surface area contributed by atoms with E-state index < -0.39 is 7.14 Å². The minimum absolute atomic E-state index is 0.264. The lowest BCUT2D eigenvalue weighted by Gasteiger charge is -2.42.